The van der Waals surface area contributed by atoms with Gasteiger partial charge in [-0.2, -0.15) is 0 Å². The van der Waals surface area contributed by atoms with Crippen LogP contribution >= 0.6 is 27.5 Å². The van der Waals surface area contributed by atoms with Crippen molar-refractivity contribution in [1.82, 2.24) is 0 Å². The second-order valence-electron chi connectivity index (χ2n) is 3.33. The van der Waals surface area contributed by atoms with E-state index >= 15 is 0 Å². The highest BCUT2D eigenvalue weighted by Gasteiger charge is 2.09. The van der Waals surface area contributed by atoms with Crippen molar-refractivity contribution in [3.8, 4) is 11.5 Å². The van der Waals surface area contributed by atoms with Gasteiger partial charge in [0.05, 0.1) is 5.02 Å². The van der Waals surface area contributed by atoms with E-state index in [9.17, 15) is 4.39 Å². The van der Waals surface area contributed by atoms with Crippen LogP contribution in [0.2, 0.25) is 5.02 Å². The molecule has 0 aliphatic heterocycles. The van der Waals surface area contributed by atoms with E-state index in [-0.39, 0.29) is 11.4 Å². The van der Waals surface area contributed by atoms with Gasteiger partial charge in [0, 0.05) is 4.47 Å². The van der Waals surface area contributed by atoms with Crippen LogP contribution in [0.15, 0.2) is 40.9 Å². The van der Waals surface area contributed by atoms with E-state index in [1.807, 2.05) is 0 Å². The Hall–Kier alpha value is -1.26. The molecule has 0 bridgehead atoms. The largest absolute Gasteiger partial charge is 0.454 e. The van der Waals surface area contributed by atoms with Crippen LogP contribution in [0, 0.1) is 5.82 Å². The molecule has 0 atom stereocenters. The molecule has 0 aromatic heterocycles. The molecule has 88 valence electrons. The molecule has 5 heteroatoms. The van der Waals surface area contributed by atoms with Crippen LogP contribution in [-0.4, -0.2) is 0 Å². The summed E-state index contributed by atoms with van der Waals surface area (Å²) >= 11 is 9.27. The lowest BCUT2D eigenvalue weighted by atomic mass is 10.3. The van der Waals surface area contributed by atoms with Crippen LogP contribution in [0.3, 0.4) is 0 Å². The van der Waals surface area contributed by atoms with Crippen LogP contribution in [0.25, 0.3) is 0 Å². The first-order chi connectivity index (χ1) is 8.08. The minimum atomic E-state index is -0.518. The van der Waals surface area contributed by atoms with E-state index in [0.29, 0.717) is 10.8 Å². The zero-order chi connectivity index (χ0) is 12.4. The van der Waals surface area contributed by atoms with Crippen molar-refractivity contribution in [2.45, 2.75) is 0 Å². The van der Waals surface area contributed by atoms with Gasteiger partial charge in [-0.3, -0.25) is 0 Å². The van der Waals surface area contributed by atoms with Crippen molar-refractivity contribution in [1.29, 1.82) is 0 Å². The van der Waals surface area contributed by atoms with Crippen molar-refractivity contribution < 1.29 is 9.13 Å². The van der Waals surface area contributed by atoms with Gasteiger partial charge in [0.2, 0.25) is 0 Å². The summed E-state index contributed by atoms with van der Waals surface area (Å²) in [4.78, 5) is 0. The molecule has 2 rings (SSSR count). The smallest absolute Gasteiger partial charge is 0.153 e. The molecule has 0 spiro atoms. The number of ether oxygens (including phenoxy) is 1. The number of nitrogens with two attached hydrogens (primary N) is 1. The summed E-state index contributed by atoms with van der Waals surface area (Å²) in [5.74, 6) is 0.150. The Labute approximate surface area is 111 Å². The van der Waals surface area contributed by atoms with Crippen LogP contribution in [-0.2, 0) is 0 Å². The summed E-state index contributed by atoms with van der Waals surface area (Å²) in [6.45, 7) is 0. The highest BCUT2D eigenvalue weighted by Crippen LogP contribution is 2.34. The van der Waals surface area contributed by atoms with Gasteiger partial charge >= 0.3 is 0 Å². The molecule has 0 amide bonds. The molecule has 0 aliphatic rings. The standard InChI is InChI=1S/C12H8BrClFNO/c13-7-4-5-10(8(14)6-7)17-11-3-1-2-9(15)12(11)16/h1-6H,16H2. The van der Waals surface area contributed by atoms with E-state index in [1.54, 1.807) is 24.3 Å². The molecular weight excluding hydrogens is 308 g/mol. The average molecular weight is 317 g/mol. The normalized spacial score (nSPS) is 10.3. The third-order valence-electron chi connectivity index (χ3n) is 2.13. The lowest BCUT2D eigenvalue weighted by molar-refractivity contribution is 0.480. The molecule has 2 nitrogen and oxygen atoms in total. The van der Waals surface area contributed by atoms with E-state index in [0.717, 1.165) is 4.47 Å². The SMILES string of the molecule is Nc1c(F)cccc1Oc1ccc(Br)cc1Cl. The van der Waals surface area contributed by atoms with Gasteiger partial charge in [0.25, 0.3) is 0 Å². The van der Waals surface area contributed by atoms with Gasteiger partial charge in [-0.1, -0.05) is 33.6 Å². The van der Waals surface area contributed by atoms with Crippen LogP contribution in [0.4, 0.5) is 10.1 Å². The highest BCUT2D eigenvalue weighted by molar-refractivity contribution is 9.10. The molecular formula is C12H8BrClFNO. The summed E-state index contributed by atoms with van der Waals surface area (Å²) in [7, 11) is 0. The molecule has 0 aliphatic carbocycles. The fraction of sp³-hybridized carbons (Fsp3) is 0. The predicted octanol–water partition coefficient (Wildman–Crippen LogP) is 4.62. The first-order valence-electron chi connectivity index (χ1n) is 4.75. The van der Waals surface area contributed by atoms with Crippen molar-refractivity contribution >= 4 is 33.2 Å². The number of anilines is 1. The van der Waals surface area contributed by atoms with E-state index in [2.05, 4.69) is 15.9 Å². The fourth-order valence-corrected chi connectivity index (χ4v) is 1.99. The molecule has 0 radical (unpaired) electrons. The predicted molar refractivity (Wildman–Crippen MR) is 70.0 cm³/mol. The molecule has 0 heterocycles. The van der Waals surface area contributed by atoms with Gasteiger partial charge in [0.15, 0.2) is 5.75 Å². The molecule has 0 unspecified atom stereocenters. The number of hydrogen-bond acceptors (Lipinski definition) is 2. The van der Waals surface area contributed by atoms with E-state index in [4.69, 9.17) is 22.1 Å². The Morgan fingerprint density at radius 2 is 1.94 bits per heavy atom. The Morgan fingerprint density at radius 1 is 1.18 bits per heavy atom. The van der Waals surface area contributed by atoms with Crippen molar-refractivity contribution in [2.75, 3.05) is 5.73 Å². The first-order valence-corrected chi connectivity index (χ1v) is 5.92. The van der Waals surface area contributed by atoms with Gasteiger partial charge in [0.1, 0.15) is 17.3 Å². The Bertz CT molecular complexity index is 562. The summed E-state index contributed by atoms with van der Waals surface area (Å²) in [6, 6.07) is 9.51. The Morgan fingerprint density at radius 3 is 2.65 bits per heavy atom. The number of para-hydroxylation sites is 1. The van der Waals surface area contributed by atoms with Gasteiger partial charge < -0.3 is 10.5 Å². The molecule has 0 fully saturated rings. The highest BCUT2D eigenvalue weighted by atomic mass is 79.9. The third kappa shape index (κ3) is 2.70. The van der Waals surface area contributed by atoms with Crippen LogP contribution < -0.4 is 10.5 Å². The van der Waals surface area contributed by atoms with Gasteiger partial charge in [-0.15, -0.1) is 0 Å². The molecule has 2 aromatic carbocycles. The van der Waals surface area contributed by atoms with Crippen molar-refractivity contribution in [3.63, 3.8) is 0 Å². The second kappa shape index (κ2) is 4.94. The van der Waals surface area contributed by atoms with Crippen LogP contribution in [0.1, 0.15) is 0 Å². The summed E-state index contributed by atoms with van der Waals surface area (Å²) in [5.41, 5.74) is 5.52. The molecule has 2 aromatic rings. The molecule has 0 saturated heterocycles. The minimum Gasteiger partial charge on any atom is -0.454 e. The van der Waals surface area contributed by atoms with Gasteiger partial charge in [-0.05, 0) is 30.3 Å². The quantitative estimate of drug-likeness (QED) is 0.821. The zero-order valence-corrected chi connectivity index (χ0v) is 10.9. The Balaban J connectivity index is 2.35. The summed E-state index contributed by atoms with van der Waals surface area (Å²) in [5, 5.41) is 0.419. The number of rotatable bonds is 2. The molecule has 17 heavy (non-hydrogen) atoms. The van der Waals surface area contributed by atoms with Crippen molar-refractivity contribution in [2.24, 2.45) is 0 Å². The zero-order valence-electron chi connectivity index (χ0n) is 8.58. The lowest BCUT2D eigenvalue weighted by Crippen LogP contribution is -1.95. The van der Waals surface area contributed by atoms with E-state index in [1.165, 1.54) is 12.1 Å². The average Bonchev–Trinajstić information content (AvgIpc) is 2.28. The van der Waals surface area contributed by atoms with E-state index < -0.39 is 5.82 Å². The second-order valence-corrected chi connectivity index (χ2v) is 4.65. The van der Waals surface area contributed by atoms with Gasteiger partial charge in [-0.25, -0.2) is 4.39 Å². The number of benzene rings is 2. The minimum absolute atomic E-state index is 0.0357. The molecule has 0 saturated carbocycles. The summed E-state index contributed by atoms with van der Waals surface area (Å²) < 4.78 is 19.5. The number of hydrogen-bond donors (Lipinski definition) is 1. The van der Waals surface area contributed by atoms with Crippen LogP contribution in [0.5, 0.6) is 11.5 Å². The maximum Gasteiger partial charge on any atom is 0.153 e. The number of halogens is 3. The Kier molecular flexibility index (Phi) is 3.54. The third-order valence-corrected chi connectivity index (χ3v) is 2.92. The topological polar surface area (TPSA) is 35.2 Å². The van der Waals surface area contributed by atoms with Crippen molar-refractivity contribution in [3.05, 3.63) is 51.7 Å². The lowest BCUT2D eigenvalue weighted by Gasteiger charge is -2.10. The summed E-state index contributed by atoms with van der Waals surface area (Å²) in [6.07, 6.45) is 0. The maximum atomic E-state index is 13.2. The number of nitrogen functional groups attached to an aromatic ring is 1. The molecule has 2 N–H and O–H groups in total. The maximum absolute atomic E-state index is 13.2. The monoisotopic (exact) mass is 315 g/mol. The fourth-order valence-electron chi connectivity index (χ4n) is 1.28. The first kappa shape index (κ1) is 12.2.